The van der Waals surface area contributed by atoms with Crippen LogP contribution < -0.4 is 5.56 Å². The molecule has 0 saturated carbocycles. The number of likely N-dealkylation sites (tertiary alicyclic amines) is 1. The van der Waals surface area contributed by atoms with Crippen LogP contribution in [-0.4, -0.2) is 52.2 Å². The summed E-state index contributed by atoms with van der Waals surface area (Å²) in [6.07, 6.45) is 5.41. The Kier molecular flexibility index (Phi) is 6.01. The van der Waals surface area contributed by atoms with Crippen LogP contribution in [-0.2, 0) is 32.9 Å². The number of nitrogens with zero attached hydrogens (tertiary/aromatic N) is 2. The number of carbonyl (C=O) groups excluding carboxylic acids is 2. The van der Waals surface area contributed by atoms with Crippen LogP contribution in [0, 0.1) is 0 Å². The number of hydrogen-bond donors (Lipinski definition) is 1. The minimum Gasteiger partial charge on any atom is -0.456 e. The third-order valence-electron chi connectivity index (χ3n) is 5.13. The number of amides is 1. The summed E-state index contributed by atoms with van der Waals surface area (Å²) in [7, 11) is 0. The lowest BCUT2D eigenvalue weighted by molar-refractivity contribution is -0.151. The number of nitrogens with one attached hydrogen (secondary N) is 1. The van der Waals surface area contributed by atoms with Gasteiger partial charge in [-0.25, -0.2) is 4.98 Å². The molecule has 0 radical (unpaired) electrons. The number of thiophene rings is 1. The van der Waals surface area contributed by atoms with E-state index in [4.69, 9.17) is 4.74 Å². The van der Waals surface area contributed by atoms with Crippen molar-refractivity contribution in [3.63, 3.8) is 0 Å². The van der Waals surface area contributed by atoms with Crippen LogP contribution in [0.4, 0.5) is 0 Å². The first-order valence-corrected chi connectivity index (χ1v) is 11.6. The average molecular weight is 422 g/mol. The molecule has 0 spiro atoms. The predicted molar refractivity (Wildman–Crippen MR) is 110 cm³/mol. The second-order valence-electron chi connectivity index (χ2n) is 7.10. The molecule has 0 bridgehead atoms. The van der Waals surface area contributed by atoms with Crippen molar-refractivity contribution in [2.45, 2.75) is 44.3 Å². The summed E-state index contributed by atoms with van der Waals surface area (Å²) < 4.78 is 5.06. The lowest BCUT2D eigenvalue weighted by Gasteiger charge is -2.14. The Hall–Kier alpha value is -1.87. The summed E-state index contributed by atoms with van der Waals surface area (Å²) in [4.78, 5) is 47.4. The van der Waals surface area contributed by atoms with E-state index in [0.29, 0.717) is 17.3 Å². The molecular formula is C19H23N3O4S2. The molecule has 1 amide bonds. The topological polar surface area (TPSA) is 92.4 Å². The molecule has 1 aliphatic heterocycles. The van der Waals surface area contributed by atoms with Gasteiger partial charge in [0.05, 0.1) is 17.6 Å². The Balaban J connectivity index is 1.22. The van der Waals surface area contributed by atoms with Gasteiger partial charge in [0.2, 0.25) is 0 Å². The highest BCUT2D eigenvalue weighted by Gasteiger charge is 2.21. The zero-order valence-corrected chi connectivity index (χ0v) is 17.3. The van der Waals surface area contributed by atoms with Crippen LogP contribution in [0.1, 0.15) is 41.9 Å². The van der Waals surface area contributed by atoms with E-state index in [0.717, 1.165) is 55.4 Å². The number of fused-ring (bicyclic) bond motifs is 3. The van der Waals surface area contributed by atoms with Crippen molar-refractivity contribution in [2.75, 3.05) is 25.4 Å². The van der Waals surface area contributed by atoms with E-state index in [1.165, 1.54) is 22.2 Å². The van der Waals surface area contributed by atoms with Gasteiger partial charge in [-0.2, -0.15) is 11.8 Å². The Morgan fingerprint density at radius 1 is 1.21 bits per heavy atom. The number of ether oxygens (including phenoxy) is 1. The van der Waals surface area contributed by atoms with Crippen molar-refractivity contribution in [2.24, 2.45) is 0 Å². The van der Waals surface area contributed by atoms with E-state index in [9.17, 15) is 14.4 Å². The van der Waals surface area contributed by atoms with E-state index < -0.39 is 0 Å². The molecule has 9 heteroatoms. The zero-order chi connectivity index (χ0) is 19.5. The van der Waals surface area contributed by atoms with Gasteiger partial charge >= 0.3 is 5.97 Å². The summed E-state index contributed by atoms with van der Waals surface area (Å²) >= 11 is 3.15. The minimum atomic E-state index is -0.369. The number of hydrogen-bond acceptors (Lipinski definition) is 7. The fourth-order valence-electron chi connectivity index (χ4n) is 3.71. The molecule has 4 rings (SSSR count). The van der Waals surface area contributed by atoms with Gasteiger partial charge in [0.1, 0.15) is 10.7 Å². The summed E-state index contributed by atoms with van der Waals surface area (Å²) in [5.41, 5.74) is 1.12. The third kappa shape index (κ3) is 4.25. The lowest BCUT2D eigenvalue weighted by Crippen LogP contribution is -2.32. The second-order valence-corrected chi connectivity index (χ2v) is 9.29. The molecule has 28 heavy (non-hydrogen) atoms. The maximum absolute atomic E-state index is 12.4. The maximum atomic E-state index is 12.4. The molecule has 150 valence electrons. The highest BCUT2D eigenvalue weighted by atomic mass is 32.2. The molecular weight excluding hydrogens is 398 g/mol. The normalized spacial score (nSPS) is 15.9. The van der Waals surface area contributed by atoms with Gasteiger partial charge in [-0.1, -0.05) is 0 Å². The second kappa shape index (κ2) is 8.65. The van der Waals surface area contributed by atoms with Gasteiger partial charge in [0.25, 0.3) is 11.5 Å². The third-order valence-corrected chi connectivity index (χ3v) is 7.28. The van der Waals surface area contributed by atoms with Crippen LogP contribution in [0.25, 0.3) is 10.2 Å². The van der Waals surface area contributed by atoms with E-state index in [-0.39, 0.29) is 30.5 Å². The smallest absolute Gasteiger partial charge is 0.307 e. The van der Waals surface area contributed by atoms with Crippen LogP contribution in [0.3, 0.4) is 0 Å². The first-order chi connectivity index (χ1) is 13.6. The summed E-state index contributed by atoms with van der Waals surface area (Å²) in [5.74, 6) is 1.25. The number of aromatic nitrogens is 2. The van der Waals surface area contributed by atoms with Gasteiger partial charge in [-0.15, -0.1) is 11.3 Å². The number of esters is 1. The van der Waals surface area contributed by atoms with Gasteiger partial charge in [-0.05, 0) is 37.7 Å². The fourth-order valence-corrected chi connectivity index (χ4v) is 5.78. The summed E-state index contributed by atoms with van der Waals surface area (Å²) in [6.45, 7) is 1.35. The average Bonchev–Trinajstić information content (AvgIpc) is 3.39. The molecule has 1 fully saturated rings. The van der Waals surface area contributed by atoms with E-state index >= 15 is 0 Å². The molecule has 0 aromatic carbocycles. The quantitative estimate of drug-likeness (QED) is 0.545. The lowest BCUT2D eigenvalue weighted by atomic mass is 10.2. The van der Waals surface area contributed by atoms with Crippen LogP contribution in [0.5, 0.6) is 0 Å². The number of aromatic amines is 1. The predicted octanol–water partition coefficient (Wildman–Crippen LogP) is 2.26. The molecule has 2 aromatic rings. The first-order valence-electron chi connectivity index (χ1n) is 9.66. The van der Waals surface area contributed by atoms with Crippen molar-refractivity contribution in [1.82, 2.24) is 14.9 Å². The van der Waals surface area contributed by atoms with Crippen LogP contribution in [0.15, 0.2) is 4.79 Å². The number of H-pyrrole nitrogens is 1. The molecule has 0 atom stereocenters. The molecule has 2 aliphatic rings. The zero-order valence-electron chi connectivity index (χ0n) is 15.6. The monoisotopic (exact) mass is 421 g/mol. The summed E-state index contributed by atoms with van der Waals surface area (Å²) in [6, 6.07) is 0. The van der Waals surface area contributed by atoms with Crippen LogP contribution >= 0.6 is 23.1 Å². The van der Waals surface area contributed by atoms with E-state index in [2.05, 4.69) is 9.97 Å². The minimum absolute atomic E-state index is 0.0557. The maximum Gasteiger partial charge on any atom is 0.307 e. The van der Waals surface area contributed by atoms with Crippen molar-refractivity contribution in [3.05, 3.63) is 26.6 Å². The number of rotatable bonds is 7. The first kappa shape index (κ1) is 19.4. The van der Waals surface area contributed by atoms with E-state index in [1.807, 2.05) is 0 Å². The van der Waals surface area contributed by atoms with Gasteiger partial charge in [-0.3, -0.25) is 14.4 Å². The van der Waals surface area contributed by atoms with Gasteiger partial charge < -0.3 is 14.6 Å². The molecule has 0 unspecified atom stereocenters. The fraction of sp³-hybridized carbons (Fsp3) is 0.579. The van der Waals surface area contributed by atoms with Crippen molar-refractivity contribution in [3.8, 4) is 0 Å². The number of aryl methyl sites for hydroxylation is 2. The Bertz CT molecular complexity index is 947. The SMILES string of the molecule is O=C(CCSCc1nc2sc3c(c2c(=O)[nH]1)CCC3)OCC(=O)N1CCCC1. The molecule has 3 heterocycles. The molecule has 1 N–H and O–H groups in total. The summed E-state index contributed by atoms with van der Waals surface area (Å²) in [5, 5.41) is 0.762. The Morgan fingerprint density at radius 3 is 2.86 bits per heavy atom. The molecule has 7 nitrogen and oxygen atoms in total. The molecule has 1 aliphatic carbocycles. The van der Waals surface area contributed by atoms with Gasteiger partial charge in [0.15, 0.2) is 6.61 Å². The Morgan fingerprint density at radius 2 is 2.04 bits per heavy atom. The molecule has 2 aromatic heterocycles. The van der Waals surface area contributed by atoms with Crippen molar-refractivity contribution < 1.29 is 14.3 Å². The number of thioether (sulfide) groups is 1. The largest absolute Gasteiger partial charge is 0.456 e. The number of carbonyl (C=O) groups is 2. The van der Waals surface area contributed by atoms with Crippen molar-refractivity contribution in [1.29, 1.82) is 0 Å². The van der Waals surface area contributed by atoms with E-state index in [1.54, 1.807) is 16.2 Å². The highest BCUT2D eigenvalue weighted by molar-refractivity contribution is 7.98. The van der Waals surface area contributed by atoms with Gasteiger partial charge in [0, 0.05) is 23.7 Å². The molecule has 1 saturated heterocycles. The van der Waals surface area contributed by atoms with Crippen LogP contribution in [0.2, 0.25) is 0 Å². The standard InChI is InChI=1S/C19H23N3O4S2/c23-15(22-7-1-2-8-22)10-26-16(24)6-9-27-11-14-20-18(25)17-12-4-3-5-13(12)28-19(17)21-14/h1-11H2,(H,20,21,25). The van der Waals surface area contributed by atoms with Crippen molar-refractivity contribution >= 4 is 45.2 Å². The Labute approximate surface area is 170 Å². The highest BCUT2D eigenvalue weighted by Crippen LogP contribution is 2.34.